The van der Waals surface area contributed by atoms with Gasteiger partial charge in [0.2, 0.25) is 11.7 Å². The van der Waals surface area contributed by atoms with E-state index in [0.29, 0.717) is 0 Å². The van der Waals surface area contributed by atoms with Gasteiger partial charge in [-0.25, -0.2) is 0 Å². The molecule has 0 bridgehead atoms. The zero-order valence-electron chi connectivity index (χ0n) is 6.91. The van der Waals surface area contributed by atoms with Crippen LogP contribution < -0.4 is 16.8 Å². The predicted molar refractivity (Wildman–Crippen MR) is 57.9 cm³/mol. The number of benzene rings is 1. The second kappa shape index (κ2) is 3.66. The maximum absolute atomic E-state index is 5.93. The van der Waals surface area contributed by atoms with Crippen LogP contribution in [0.2, 0.25) is 4.34 Å². The van der Waals surface area contributed by atoms with Gasteiger partial charge in [0.25, 0.3) is 0 Å². The Morgan fingerprint density at radius 3 is 2.79 bits per heavy atom. The highest BCUT2D eigenvalue weighted by Gasteiger charge is 2.16. The molecule has 0 spiro atoms. The molecule has 1 aromatic carbocycles. The van der Waals surface area contributed by atoms with Crippen LogP contribution >= 0.6 is 34.3 Å². The van der Waals surface area contributed by atoms with Gasteiger partial charge in [-0.15, -0.1) is 4.40 Å². The molecule has 2 heterocycles. The summed E-state index contributed by atoms with van der Waals surface area (Å²) in [5.41, 5.74) is 1.24. The molecule has 14 heavy (non-hydrogen) atoms. The van der Waals surface area contributed by atoms with Crippen molar-refractivity contribution in [2.24, 2.45) is 0 Å². The van der Waals surface area contributed by atoms with Gasteiger partial charge < -0.3 is 12.4 Å². The number of hydrogen-bond donors (Lipinski definition) is 0. The van der Waals surface area contributed by atoms with Crippen LogP contribution in [0.25, 0.3) is 14.4 Å². The number of halogens is 2. The number of thiazole rings is 2. The first-order valence-electron chi connectivity index (χ1n) is 3.83. The van der Waals surface area contributed by atoms with E-state index in [9.17, 15) is 0 Å². The molecule has 0 amide bonds. The van der Waals surface area contributed by atoms with Crippen molar-refractivity contribution in [1.82, 2.24) is 0 Å². The highest BCUT2D eigenvalue weighted by molar-refractivity contribution is 7.39. The number of aromatic nitrogens is 1. The summed E-state index contributed by atoms with van der Waals surface area (Å²) >= 11 is 9.33. The summed E-state index contributed by atoms with van der Waals surface area (Å²) in [4.78, 5) is 0. The third-order valence-electron chi connectivity index (χ3n) is 1.93. The monoisotopic (exact) mass is 261 g/mol. The molecule has 0 aliphatic heterocycles. The van der Waals surface area contributed by atoms with Crippen molar-refractivity contribution in [3.63, 3.8) is 0 Å². The normalized spacial score (nSPS) is 10.6. The van der Waals surface area contributed by atoms with E-state index in [2.05, 4.69) is 22.6 Å². The standard InChI is InChI=1S/C9H5ClNS2.ClH/c10-8-5-11-6-3-1-2-4-7(6)12-9(11)13-8;/h1-5H;1H/q+1;/p-1. The van der Waals surface area contributed by atoms with Crippen LogP contribution in [0.15, 0.2) is 30.5 Å². The quantitative estimate of drug-likeness (QED) is 0.515. The zero-order chi connectivity index (χ0) is 8.84. The predicted octanol–water partition coefficient (Wildman–Crippen LogP) is 0.359. The summed E-state index contributed by atoms with van der Waals surface area (Å²) in [5, 5.41) is 0. The lowest BCUT2D eigenvalue weighted by Gasteiger charge is -1.78. The van der Waals surface area contributed by atoms with E-state index in [1.165, 1.54) is 14.4 Å². The van der Waals surface area contributed by atoms with Crippen LogP contribution in [0.1, 0.15) is 0 Å². The third kappa shape index (κ3) is 1.41. The molecular weight excluding hydrogens is 257 g/mol. The minimum absolute atomic E-state index is 0. The summed E-state index contributed by atoms with van der Waals surface area (Å²) in [6.07, 6.45) is 1.97. The largest absolute Gasteiger partial charge is 1.00 e. The molecule has 1 nitrogen and oxygen atoms in total. The number of nitrogens with zero attached hydrogens (tertiary/aromatic N) is 1. The molecule has 72 valence electrons. The van der Waals surface area contributed by atoms with Gasteiger partial charge in [0, 0.05) is 6.07 Å². The molecule has 0 saturated carbocycles. The first-order valence-corrected chi connectivity index (χ1v) is 5.84. The van der Waals surface area contributed by atoms with E-state index < -0.39 is 0 Å². The fourth-order valence-corrected chi connectivity index (χ4v) is 3.98. The van der Waals surface area contributed by atoms with Crippen LogP contribution in [0.3, 0.4) is 0 Å². The van der Waals surface area contributed by atoms with E-state index in [4.69, 9.17) is 11.6 Å². The average Bonchev–Trinajstić information content (AvgIpc) is 2.60. The third-order valence-corrected chi connectivity index (χ3v) is 4.37. The minimum Gasteiger partial charge on any atom is -1.00 e. The van der Waals surface area contributed by atoms with Crippen molar-refractivity contribution in [2.75, 3.05) is 0 Å². The van der Waals surface area contributed by atoms with E-state index >= 15 is 0 Å². The number of fused-ring (bicyclic) bond motifs is 3. The van der Waals surface area contributed by atoms with Gasteiger partial charge in [-0.05, 0) is 17.4 Å². The molecule has 2 aromatic heterocycles. The highest BCUT2D eigenvalue weighted by atomic mass is 35.5. The zero-order valence-corrected chi connectivity index (χ0v) is 10.1. The molecular formula is C9H5Cl2NS2. The Morgan fingerprint density at radius 1 is 1.14 bits per heavy atom. The van der Waals surface area contributed by atoms with Gasteiger partial charge in [-0.1, -0.05) is 35.1 Å². The Labute approximate surface area is 100.0 Å². The Balaban J connectivity index is 0.000000750. The Morgan fingerprint density at radius 2 is 1.93 bits per heavy atom. The van der Waals surface area contributed by atoms with Crippen LogP contribution in [0.5, 0.6) is 0 Å². The minimum atomic E-state index is 0. The summed E-state index contributed by atoms with van der Waals surface area (Å²) in [5.74, 6) is 0. The molecule has 0 atom stereocenters. The van der Waals surface area contributed by atoms with Crippen molar-refractivity contribution >= 4 is 48.6 Å². The molecule has 3 rings (SSSR count). The van der Waals surface area contributed by atoms with Gasteiger partial charge >= 0.3 is 4.14 Å². The molecule has 0 radical (unpaired) electrons. The maximum atomic E-state index is 5.93. The van der Waals surface area contributed by atoms with Crippen LogP contribution in [0.4, 0.5) is 0 Å². The molecule has 0 N–H and O–H groups in total. The lowest BCUT2D eigenvalue weighted by Crippen LogP contribution is -3.00. The average molecular weight is 262 g/mol. The lowest BCUT2D eigenvalue weighted by molar-refractivity contribution is -0.472. The molecule has 0 aliphatic rings. The van der Waals surface area contributed by atoms with E-state index in [1.807, 2.05) is 12.3 Å². The van der Waals surface area contributed by atoms with Crippen LogP contribution in [-0.2, 0) is 0 Å². The van der Waals surface area contributed by atoms with E-state index in [1.54, 1.807) is 22.7 Å². The smallest absolute Gasteiger partial charge is 0.327 e. The highest BCUT2D eigenvalue weighted by Crippen LogP contribution is 2.28. The molecule has 5 heteroatoms. The number of para-hydroxylation sites is 1. The second-order valence-electron chi connectivity index (χ2n) is 2.74. The summed E-state index contributed by atoms with van der Waals surface area (Å²) < 4.78 is 5.54. The topological polar surface area (TPSA) is 4.10 Å². The molecule has 0 aliphatic carbocycles. The fraction of sp³-hybridized carbons (Fsp3) is 0. The van der Waals surface area contributed by atoms with Gasteiger partial charge in [0.15, 0.2) is 4.34 Å². The molecule has 0 unspecified atom stereocenters. The van der Waals surface area contributed by atoms with Crippen molar-refractivity contribution in [2.45, 2.75) is 0 Å². The van der Waals surface area contributed by atoms with E-state index in [-0.39, 0.29) is 12.4 Å². The van der Waals surface area contributed by atoms with Gasteiger partial charge in [0.05, 0.1) is 0 Å². The molecule has 3 aromatic rings. The van der Waals surface area contributed by atoms with E-state index in [0.717, 1.165) is 4.34 Å². The Bertz CT molecular complexity index is 585. The SMILES string of the molecule is Clc1c[n+]2c(s1)sc1ccccc12.[Cl-]. The van der Waals surface area contributed by atoms with Gasteiger partial charge in [-0.2, -0.15) is 0 Å². The first-order chi connectivity index (χ1) is 6.34. The maximum Gasteiger partial charge on any atom is 0.327 e. The molecule has 0 fully saturated rings. The second-order valence-corrected chi connectivity index (χ2v) is 5.69. The van der Waals surface area contributed by atoms with Crippen molar-refractivity contribution in [3.8, 4) is 0 Å². The van der Waals surface area contributed by atoms with Crippen molar-refractivity contribution < 1.29 is 16.8 Å². The number of rotatable bonds is 0. The summed E-state index contributed by atoms with van der Waals surface area (Å²) in [7, 11) is 0. The molecule has 0 saturated heterocycles. The van der Waals surface area contributed by atoms with Crippen molar-refractivity contribution in [3.05, 3.63) is 34.8 Å². The summed E-state index contributed by atoms with van der Waals surface area (Å²) in [6, 6.07) is 8.35. The van der Waals surface area contributed by atoms with Gasteiger partial charge in [0.1, 0.15) is 4.70 Å². The van der Waals surface area contributed by atoms with Crippen molar-refractivity contribution in [1.29, 1.82) is 0 Å². The lowest BCUT2D eigenvalue weighted by atomic mass is 10.3. The first kappa shape index (κ1) is 10.2. The number of hydrogen-bond acceptors (Lipinski definition) is 2. The van der Waals surface area contributed by atoms with Gasteiger partial charge in [-0.3, -0.25) is 0 Å². The Kier molecular flexibility index (Phi) is 2.66. The fourth-order valence-electron chi connectivity index (χ4n) is 1.39. The van der Waals surface area contributed by atoms with Crippen LogP contribution in [-0.4, -0.2) is 0 Å². The Hall–Kier alpha value is -0.350. The summed E-state index contributed by atoms with van der Waals surface area (Å²) in [6.45, 7) is 0. The van der Waals surface area contributed by atoms with Crippen LogP contribution in [0, 0.1) is 0 Å².